The van der Waals surface area contributed by atoms with Gasteiger partial charge in [-0.2, -0.15) is 0 Å². The second kappa shape index (κ2) is 5.41. The quantitative estimate of drug-likeness (QED) is 0.716. The molecule has 4 N–H and O–H groups in total. The summed E-state index contributed by atoms with van der Waals surface area (Å²) in [4.78, 5) is 14.8. The molecule has 0 aromatic carbocycles. The maximum absolute atomic E-state index is 10.8. The van der Waals surface area contributed by atoms with Crippen molar-refractivity contribution in [3.05, 3.63) is 17.8 Å². The third-order valence-electron chi connectivity index (χ3n) is 3.24. The largest absolute Gasteiger partial charge is 0.478 e. The van der Waals surface area contributed by atoms with Crippen LogP contribution in [0.2, 0.25) is 0 Å². The molecule has 1 fully saturated rings. The predicted molar refractivity (Wildman–Crippen MR) is 69.3 cm³/mol. The molecule has 1 aromatic rings. The highest BCUT2D eigenvalue weighted by molar-refractivity contribution is 5.89. The predicted octanol–water partition coefficient (Wildman–Crippen LogP) is 0.579. The zero-order valence-corrected chi connectivity index (χ0v) is 10.7. The first-order valence-electron chi connectivity index (χ1n) is 5.92. The second-order valence-corrected chi connectivity index (χ2v) is 4.51. The van der Waals surface area contributed by atoms with E-state index < -0.39 is 5.97 Å². The van der Waals surface area contributed by atoms with Gasteiger partial charge < -0.3 is 25.6 Å². The lowest BCUT2D eigenvalue weighted by molar-refractivity contribution is -0.00624. The molecule has 0 radical (unpaired) electrons. The van der Waals surface area contributed by atoms with Crippen molar-refractivity contribution >= 4 is 17.5 Å². The van der Waals surface area contributed by atoms with Gasteiger partial charge >= 0.3 is 5.97 Å². The molecule has 7 nitrogen and oxygen atoms in total. The standard InChI is InChI=1S/C12H17N3O4/c1-18-12(2-3-19-7-12)6-15-10-9(13)4-8(5-14-10)11(16)17/h4-5H,2-3,6-7,13H2,1H3,(H,14,15)(H,16,17). The molecular formula is C12H17N3O4. The number of hydrogen-bond acceptors (Lipinski definition) is 6. The molecule has 1 aliphatic rings. The summed E-state index contributed by atoms with van der Waals surface area (Å²) >= 11 is 0. The number of carbonyl (C=O) groups is 1. The Morgan fingerprint density at radius 1 is 1.74 bits per heavy atom. The Hall–Kier alpha value is -1.86. The van der Waals surface area contributed by atoms with Gasteiger partial charge in [-0.15, -0.1) is 0 Å². The number of carboxylic acid groups (broad SMARTS) is 1. The van der Waals surface area contributed by atoms with Gasteiger partial charge in [0.25, 0.3) is 0 Å². The third kappa shape index (κ3) is 2.94. The van der Waals surface area contributed by atoms with Crippen LogP contribution in [0.4, 0.5) is 11.5 Å². The number of pyridine rings is 1. The van der Waals surface area contributed by atoms with Crippen LogP contribution in [0.5, 0.6) is 0 Å². The van der Waals surface area contributed by atoms with E-state index in [4.69, 9.17) is 20.3 Å². The van der Waals surface area contributed by atoms with Crippen LogP contribution in [0.25, 0.3) is 0 Å². The Morgan fingerprint density at radius 2 is 2.53 bits per heavy atom. The number of rotatable bonds is 5. The monoisotopic (exact) mass is 267 g/mol. The first-order chi connectivity index (χ1) is 9.06. The van der Waals surface area contributed by atoms with E-state index in [2.05, 4.69) is 10.3 Å². The van der Waals surface area contributed by atoms with Gasteiger partial charge in [0.05, 0.1) is 17.9 Å². The fraction of sp³-hybridized carbons (Fsp3) is 0.500. The van der Waals surface area contributed by atoms with Crippen LogP contribution >= 0.6 is 0 Å². The number of aromatic nitrogens is 1. The molecule has 1 saturated heterocycles. The molecule has 104 valence electrons. The fourth-order valence-corrected chi connectivity index (χ4v) is 1.95. The number of nitrogens with one attached hydrogen (secondary N) is 1. The van der Waals surface area contributed by atoms with Crippen molar-refractivity contribution in [3.63, 3.8) is 0 Å². The van der Waals surface area contributed by atoms with E-state index in [9.17, 15) is 4.79 Å². The number of nitrogen functional groups attached to an aromatic ring is 1. The SMILES string of the molecule is COC1(CNc2ncc(C(=O)O)cc2N)CCOC1. The number of anilines is 2. The first-order valence-corrected chi connectivity index (χ1v) is 5.92. The minimum atomic E-state index is -1.05. The van der Waals surface area contributed by atoms with Gasteiger partial charge in [0.1, 0.15) is 11.4 Å². The molecule has 1 aromatic heterocycles. The molecule has 1 aliphatic heterocycles. The van der Waals surface area contributed by atoms with Gasteiger partial charge in [0, 0.05) is 32.9 Å². The van der Waals surface area contributed by atoms with E-state index in [1.807, 2.05) is 0 Å². The number of nitrogens with zero attached hydrogens (tertiary/aromatic N) is 1. The Kier molecular flexibility index (Phi) is 3.87. The summed E-state index contributed by atoms with van der Waals surface area (Å²) in [5, 5.41) is 11.9. The second-order valence-electron chi connectivity index (χ2n) is 4.51. The maximum Gasteiger partial charge on any atom is 0.337 e. The highest BCUT2D eigenvalue weighted by Gasteiger charge is 2.34. The van der Waals surface area contributed by atoms with Gasteiger partial charge in [-0.1, -0.05) is 0 Å². The number of hydrogen-bond donors (Lipinski definition) is 3. The number of carboxylic acids is 1. The van der Waals surface area contributed by atoms with Crippen molar-refractivity contribution in [2.75, 3.05) is 37.9 Å². The van der Waals surface area contributed by atoms with Crippen molar-refractivity contribution in [1.29, 1.82) is 0 Å². The number of ether oxygens (including phenoxy) is 2. The lowest BCUT2D eigenvalue weighted by atomic mass is 10.0. The van der Waals surface area contributed by atoms with Crippen LogP contribution in [0.1, 0.15) is 16.8 Å². The summed E-state index contributed by atoms with van der Waals surface area (Å²) in [7, 11) is 1.64. The Bertz CT molecular complexity index is 472. The smallest absolute Gasteiger partial charge is 0.337 e. The van der Waals surface area contributed by atoms with Gasteiger partial charge in [-0.25, -0.2) is 9.78 Å². The molecule has 0 aliphatic carbocycles. The normalized spacial score (nSPS) is 22.4. The summed E-state index contributed by atoms with van der Waals surface area (Å²) in [6, 6.07) is 1.38. The van der Waals surface area contributed by atoms with Gasteiger partial charge in [0.2, 0.25) is 0 Å². The van der Waals surface area contributed by atoms with E-state index in [1.165, 1.54) is 12.3 Å². The molecule has 1 atom stereocenters. The van der Waals surface area contributed by atoms with Crippen LogP contribution in [-0.2, 0) is 9.47 Å². The van der Waals surface area contributed by atoms with Crippen LogP contribution in [0, 0.1) is 0 Å². The summed E-state index contributed by atoms with van der Waals surface area (Å²) in [6.45, 7) is 1.69. The third-order valence-corrected chi connectivity index (χ3v) is 3.24. The van der Waals surface area contributed by atoms with Crippen LogP contribution in [0.15, 0.2) is 12.3 Å². The lowest BCUT2D eigenvalue weighted by Gasteiger charge is -2.26. The minimum Gasteiger partial charge on any atom is -0.478 e. The molecule has 2 rings (SSSR count). The summed E-state index contributed by atoms with van der Waals surface area (Å²) in [6.07, 6.45) is 2.06. The van der Waals surface area contributed by atoms with Gasteiger partial charge in [-0.3, -0.25) is 0 Å². The van der Waals surface area contributed by atoms with E-state index >= 15 is 0 Å². The molecule has 7 heteroatoms. The maximum atomic E-state index is 10.8. The van der Waals surface area contributed by atoms with Crippen molar-refractivity contribution in [2.24, 2.45) is 0 Å². The van der Waals surface area contributed by atoms with Crippen LogP contribution in [-0.4, -0.2) is 48.5 Å². The molecule has 1 unspecified atom stereocenters. The minimum absolute atomic E-state index is 0.0636. The first kappa shape index (κ1) is 13.6. The van der Waals surface area contributed by atoms with E-state index in [0.717, 1.165) is 6.42 Å². The molecule has 0 amide bonds. The van der Waals surface area contributed by atoms with Crippen LogP contribution in [0.3, 0.4) is 0 Å². The van der Waals surface area contributed by atoms with Gasteiger partial charge in [0.15, 0.2) is 0 Å². The molecule has 2 heterocycles. The lowest BCUT2D eigenvalue weighted by Crippen LogP contribution is -2.39. The van der Waals surface area contributed by atoms with Crippen molar-refractivity contribution in [3.8, 4) is 0 Å². The molecule has 0 saturated carbocycles. The van der Waals surface area contributed by atoms with E-state index in [1.54, 1.807) is 7.11 Å². The van der Waals surface area contributed by atoms with Crippen molar-refractivity contribution < 1.29 is 19.4 Å². The van der Waals surface area contributed by atoms with Crippen molar-refractivity contribution in [2.45, 2.75) is 12.0 Å². The van der Waals surface area contributed by atoms with E-state index in [-0.39, 0.29) is 11.2 Å². The summed E-state index contributed by atoms with van der Waals surface area (Å²) < 4.78 is 10.8. The number of methoxy groups -OCH3 is 1. The molecule has 19 heavy (non-hydrogen) atoms. The summed E-state index contributed by atoms with van der Waals surface area (Å²) in [5.41, 5.74) is 5.75. The molecular weight excluding hydrogens is 250 g/mol. The Balaban J connectivity index is 2.05. The average molecular weight is 267 g/mol. The van der Waals surface area contributed by atoms with Crippen molar-refractivity contribution in [1.82, 2.24) is 4.98 Å². The zero-order chi connectivity index (χ0) is 13.9. The topological polar surface area (TPSA) is 107 Å². The van der Waals surface area contributed by atoms with Gasteiger partial charge in [-0.05, 0) is 6.07 Å². The highest BCUT2D eigenvalue weighted by atomic mass is 16.5. The van der Waals surface area contributed by atoms with E-state index in [0.29, 0.717) is 31.3 Å². The Morgan fingerprint density at radius 3 is 3.05 bits per heavy atom. The number of aromatic carboxylic acids is 1. The molecule has 0 bridgehead atoms. The highest BCUT2D eigenvalue weighted by Crippen LogP contribution is 2.24. The fourth-order valence-electron chi connectivity index (χ4n) is 1.95. The summed E-state index contributed by atoms with van der Waals surface area (Å²) in [5.74, 6) is -0.600. The number of nitrogens with two attached hydrogens (primary N) is 1. The van der Waals surface area contributed by atoms with Crippen LogP contribution < -0.4 is 11.1 Å². The zero-order valence-electron chi connectivity index (χ0n) is 10.7. The molecule has 0 spiro atoms. The average Bonchev–Trinajstić information content (AvgIpc) is 2.86. The Labute approximate surface area is 110 Å².